The lowest BCUT2D eigenvalue weighted by Gasteiger charge is -2.65. The second kappa shape index (κ2) is 3.22. The third kappa shape index (κ3) is 0.998. The van der Waals surface area contributed by atoms with Crippen molar-refractivity contribution < 1.29 is 9.90 Å². The molecule has 5 heteroatoms. The van der Waals surface area contributed by atoms with Gasteiger partial charge in [-0.2, -0.15) is 0 Å². The molecule has 0 aromatic rings. The van der Waals surface area contributed by atoms with E-state index in [0.29, 0.717) is 0 Å². The first-order valence-electron chi connectivity index (χ1n) is 4.91. The molecule has 0 spiro atoms. The predicted octanol–water partition coefficient (Wildman–Crippen LogP) is 3.76. The molecule has 3 aliphatic rings. The lowest BCUT2D eigenvalue weighted by Crippen LogP contribution is -2.70. The monoisotopic (exact) mass is 402 g/mol. The number of carboxylic acids is 1. The lowest BCUT2D eigenvalue weighted by atomic mass is 9.43. The lowest BCUT2D eigenvalue weighted by molar-refractivity contribution is -0.179. The van der Waals surface area contributed by atoms with Crippen LogP contribution in [-0.2, 0) is 4.79 Å². The van der Waals surface area contributed by atoms with Crippen LogP contribution in [0.15, 0.2) is 0 Å². The second-order valence-electron chi connectivity index (χ2n) is 5.11. The van der Waals surface area contributed by atoms with Gasteiger partial charge in [-0.15, -0.1) is 0 Å². The largest absolute Gasteiger partial charge is 0.481 e. The van der Waals surface area contributed by atoms with Crippen LogP contribution in [0.25, 0.3) is 0 Å². The Bertz CT molecular complexity index is 329. The second-order valence-corrected chi connectivity index (χ2v) is 9.08. The SMILES string of the molecule is CC1(C)[C@]2(C(=O)O)CC[C@]1(C(Br)Br)[C@H]2Br. The van der Waals surface area contributed by atoms with Gasteiger partial charge in [-0.25, -0.2) is 0 Å². The van der Waals surface area contributed by atoms with E-state index in [1.807, 2.05) is 0 Å². The van der Waals surface area contributed by atoms with E-state index in [9.17, 15) is 9.90 Å². The first-order valence-corrected chi connectivity index (χ1v) is 7.65. The summed E-state index contributed by atoms with van der Waals surface area (Å²) < 4.78 is 0.159. The molecule has 0 aromatic heterocycles. The maximum absolute atomic E-state index is 11.5. The van der Waals surface area contributed by atoms with Crippen molar-refractivity contribution in [3.05, 3.63) is 0 Å². The summed E-state index contributed by atoms with van der Waals surface area (Å²) in [5, 5.41) is 9.45. The normalized spacial score (nSPS) is 46.7. The molecule has 3 saturated carbocycles. The summed E-state index contributed by atoms with van der Waals surface area (Å²) in [4.78, 5) is 11.5. The van der Waals surface area contributed by atoms with E-state index in [4.69, 9.17) is 0 Å². The highest BCUT2D eigenvalue weighted by molar-refractivity contribution is 9.24. The summed E-state index contributed by atoms with van der Waals surface area (Å²) in [6.07, 6.45) is 1.71. The van der Waals surface area contributed by atoms with Gasteiger partial charge in [0.25, 0.3) is 0 Å². The van der Waals surface area contributed by atoms with E-state index >= 15 is 0 Å². The molecule has 3 rings (SSSR count). The quantitative estimate of drug-likeness (QED) is 0.711. The maximum Gasteiger partial charge on any atom is 0.311 e. The van der Waals surface area contributed by atoms with Gasteiger partial charge in [0, 0.05) is 10.2 Å². The highest BCUT2D eigenvalue weighted by atomic mass is 79.9. The fraction of sp³-hybridized carbons (Fsp3) is 0.900. The molecule has 0 aliphatic heterocycles. The molecule has 0 amide bonds. The molecule has 15 heavy (non-hydrogen) atoms. The molecule has 1 N–H and O–H groups in total. The highest BCUT2D eigenvalue weighted by Gasteiger charge is 2.83. The summed E-state index contributed by atoms with van der Waals surface area (Å²) in [5.41, 5.74) is -0.768. The van der Waals surface area contributed by atoms with E-state index in [0.717, 1.165) is 12.8 Å². The zero-order chi connectivity index (χ0) is 11.6. The Labute approximate surface area is 115 Å². The van der Waals surface area contributed by atoms with Crippen LogP contribution in [0.1, 0.15) is 26.7 Å². The minimum absolute atomic E-state index is 0.00535. The molecule has 2 bridgehead atoms. The zero-order valence-corrected chi connectivity index (χ0v) is 13.3. The number of alkyl halides is 3. The number of rotatable bonds is 2. The Morgan fingerprint density at radius 1 is 1.40 bits per heavy atom. The molecule has 3 atom stereocenters. The first-order chi connectivity index (χ1) is 6.75. The predicted molar refractivity (Wildman–Crippen MR) is 69.9 cm³/mol. The van der Waals surface area contributed by atoms with E-state index < -0.39 is 11.4 Å². The number of fused-ring (bicyclic) bond motifs is 1. The smallest absolute Gasteiger partial charge is 0.311 e. The van der Waals surface area contributed by atoms with Gasteiger partial charge in [-0.1, -0.05) is 61.6 Å². The average Bonchev–Trinajstić information content (AvgIpc) is 2.53. The standard InChI is InChI=1S/C10H13Br3O2/c1-8(2)9(6(12)13)3-4-10(8,5(9)11)7(14)15/h5-6H,3-4H2,1-2H3,(H,14,15)/t5-,9-,10-/m1/s1. The van der Waals surface area contributed by atoms with Gasteiger partial charge in [0.1, 0.15) is 0 Å². The molecule has 86 valence electrons. The number of aliphatic carboxylic acids is 1. The summed E-state index contributed by atoms with van der Waals surface area (Å²) in [6, 6.07) is 0. The average molecular weight is 405 g/mol. The number of hydrogen-bond acceptors (Lipinski definition) is 1. The fourth-order valence-corrected chi connectivity index (χ4v) is 8.57. The van der Waals surface area contributed by atoms with E-state index in [1.165, 1.54) is 0 Å². The zero-order valence-electron chi connectivity index (χ0n) is 8.56. The van der Waals surface area contributed by atoms with Crippen LogP contribution in [0, 0.1) is 16.2 Å². The van der Waals surface area contributed by atoms with Crippen LogP contribution in [0.3, 0.4) is 0 Å². The molecule has 0 saturated heterocycles. The summed E-state index contributed by atoms with van der Waals surface area (Å²) in [5.74, 6) is -0.664. The number of carboxylic acid groups (broad SMARTS) is 1. The maximum atomic E-state index is 11.5. The summed E-state index contributed by atoms with van der Waals surface area (Å²) in [6.45, 7) is 4.14. The van der Waals surface area contributed by atoms with Gasteiger partial charge in [0.2, 0.25) is 0 Å². The number of carbonyl (C=O) groups is 1. The van der Waals surface area contributed by atoms with Crippen LogP contribution in [0.4, 0.5) is 0 Å². The first kappa shape index (κ1) is 12.4. The third-order valence-electron chi connectivity index (χ3n) is 4.87. The number of halogens is 3. The van der Waals surface area contributed by atoms with Gasteiger partial charge in [0.15, 0.2) is 0 Å². The Hall–Kier alpha value is 0.910. The molecule has 0 aromatic carbocycles. The summed E-state index contributed by atoms with van der Waals surface area (Å²) in [7, 11) is 0. The van der Waals surface area contributed by atoms with Gasteiger partial charge in [-0.05, 0) is 18.3 Å². The van der Waals surface area contributed by atoms with E-state index in [-0.39, 0.29) is 19.4 Å². The molecule has 0 unspecified atom stereocenters. The van der Waals surface area contributed by atoms with Gasteiger partial charge in [-0.3, -0.25) is 4.79 Å². The van der Waals surface area contributed by atoms with Crippen LogP contribution in [0.5, 0.6) is 0 Å². The van der Waals surface area contributed by atoms with Crippen LogP contribution in [0.2, 0.25) is 0 Å². The van der Waals surface area contributed by atoms with Gasteiger partial charge < -0.3 is 5.11 Å². The molecule has 0 heterocycles. The minimum atomic E-state index is -0.664. The van der Waals surface area contributed by atoms with Crippen molar-refractivity contribution in [3.63, 3.8) is 0 Å². The minimum Gasteiger partial charge on any atom is -0.481 e. The van der Waals surface area contributed by atoms with Gasteiger partial charge in [0.05, 0.1) is 9.15 Å². The van der Waals surface area contributed by atoms with E-state index in [2.05, 4.69) is 61.6 Å². The third-order valence-corrected chi connectivity index (χ3v) is 8.10. The molecule has 0 radical (unpaired) electrons. The van der Waals surface area contributed by atoms with Crippen molar-refractivity contribution in [1.29, 1.82) is 0 Å². The molecular formula is C10H13Br3O2. The van der Waals surface area contributed by atoms with Crippen molar-refractivity contribution in [2.24, 2.45) is 16.2 Å². The van der Waals surface area contributed by atoms with Crippen LogP contribution >= 0.6 is 47.8 Å². The topological polar surface area (TPSA) is 37.3 Å². The van der Waals surface area contributed by atoms with Crippen molar-refractivity contribution in [3.8, 4) is 0 Å². The Morgan fingerprint density at radius 2 is 1.93 bits per heavy atom. The Balaban J connectivity index is 2.50. The van der Waals surface area contributed by atoms with Crippen LogP contribution < -0.4 is 0 Å². The summed E-state index contributed by atoms with van der Waals surface area (Å²) >= 11 is 10.8. The van der Waals surface area contributed by atoms with Crippen molar-refractivity contribution in [2.45, 2.75) is 35.3 Å². The molecule has 3 aliphatic carbocycles. The number of hydrogen-bond donors (Lipinski definition) is 1. The Kier molecular flexibility index (Phi) is 2.66. The molecular weight excluding hydrogens is 392 g/mol. The van der Waals surface area contributed by atoms with Crippen molar-refractivity contribution in [1.82, 2.24) is 0 Å². The van der Waals surface area contributed by atoms with Crippen molar-refractivity contribution in [2.75, 3.05) is 0 Å². The highest BCUT2D eigenvalue weighted by Crippen LogP contribution is 2.82. The van der Waals surface area contributed by atoms with E-state index in [1.54, 1.807) is 0 Å². The Morgan fingerprint density at radius 3 is 2.13 bits per heavy atom. The van der Waals surface area contributed by atoms with Crippen LogP contribution in [-0.4, -0.2) is 19.6 Å². The molecule has 2 nitrogen and oxygen atoms in total. The fourth-order valence-electron chi connectivity index (χ4n) is 3.67. The van der Waals surface area contributed by atoms with Crippen molar-refractivity contribution >= 4 is 53.8 Å². The molecule has 3 fully saturated rings. The van der Waals surface area contributed by atoms with Gasteiger partial charge >= 0.3 is 5.97 Å².